The van der Waals surface area contributed by atoms with Crippen LogP contribution in [0.15, 0.2) is 12.1 Å². The third-order valence-corrected chi connectivity index (χ3v) is 4.41. The second-order valence-corrected chi connectivity index (χ2v) is 5.83. The Bertz CT molecular complexity index is 472. The second kappa shape index (κ2) is 6.34. The molecular weight excluding hydrogens is 279 g/mol. The fraction of sp³-hybridized carbons (Fsp3) is 0.600. The van der Waals surface area contributed by atoms with Gasteiger partial charge in [-0.25, -0.2) is 13.2 Å². The Hall–Kier alpha value is -1.11. The fourth-order valence-corrected chi connectivity index (χ4v) is 3.20. The smallest absolute Gasteiger partial charge is 0.194 e. The first kappa shape index (κ1) is 14.8. The lowest BCUT2D eigenvalue weighted by atomic mass is 10.1. The molecule has 2 aliphatic rings. The minimum absolute atomic E-state index is 0.463. The molecule has 0 aromatic heterocycles. The van der Waals surface area contributed by atoms with Gasteiger partial charge in [0.15, 0.2) is 17.5 Å². The lowest BCUT2D eigenvalue weighted by Gasteiger charge is -2.37. The van der Waals surface area contributed by atoms with Gasteiger partial charge >= 0.3 is 0 Å². The average Bonchev–Trinajstić information content (AvgIpc) is 3.00. The van der Waals surface area contributed by atoms with Gasteiger partial charge in [0.2, 0.25) is 0 Å². The van der Waals surface area contributed by atoms with Crippen molar-refractivity contribution >= 4 is 0 Å². The van der Waals surface area contributed by atoms with E-state index in [9.17, 15) is 13.2 Å². The molecule has 1 atom stereocenters. The number of nitrogens with zero attached hydrogens (tertiary/aromatic N) is 2. The third kappa shape index (κ3) is 3.39. The number of benzene rings is 1. The summed E-state index contributed by atoms with van der Waals surface area (Å²) in [6, 6.07) is 2.80. The Balaban J connectivity index is 1.55. The van der Waals surface area contributed by atoms with E-state index in [1.165, 1.54) is 6.42 Å². The van der Waals surface area contributed by atoms with Gasteiger partial charge in [-0.1, -0.05) is 0 Å². The molecule has 6 heteroatoms. The van der Waals surface area contributed by atoms with E-state index in [1.54, 1.807) is 0 Å². The molecule has 3 rings (SSSR count). The van der Waals surface area contributed by atoms with Crippen molar-refractivity contribution in [2.45, 2.75) is 19.0 Å². The number of halogens is 3. The maximum Gasteiger partial charge on any atom is 0.194 e. The minimum Gasteiger partial charge on any atom is -0.315 e. The molecule has 0 bridgehead atoms. The highest BCUT2D eigenvalue weighted by molar-refractivity contribution is 5.19. The van der Waals surface area contributed by atoms with Crippen LogP contribution in [0.1, 0.15) is 12.0 Å². The zero-order chi connectivity index (χ0) is 14.8. The number of hydrogen-bond acceptors (Lipinski definition) is 3. The van der Waals surface area contributed by atoms with E-state index < -0.39 is 17.5 Å². The summed E-state index contributed by atoms with van der Waals surface area (Å²) < 4.78 is 39.4. The molecule has 1 unspecified atom stereocenters. The van der Waals surface area contributed by atoms with E-state index in [2.05, 4.69) is 15.1 Å². The van der Waals surface area contributed by atoms with Crippen LogP contribution in [0.2, 0.25) is 0 Å². The van der Waals surface area contributed by atoms with Gasteiger partial charge in [0.05, 0.1) is 0 Å². The van der Waals surface area contributed by atoms with E-state index in [4.69, 9.17) is 0 Å². The van der Waals surface area contributed by atoms with Gasteiger partial charge in [-0.2, -0.15) is 0 Å². The Morgan fingerprint density at radius 3 is 2.29 bits per heavy atom. The molecule has 0 amide bonds. The summed E-state index contributed by atoms with van der Waals surface area (Å²) in [6.45, 7) is 6.28. The van der Waals surface area contributed by atoms with Crippen molar-refractivity contribution in [3.63, 3.8) is 0 Å². The van der Waals surface area contributed by atoms with E-state index in [0.717, 1.165) is 51.4 Å². The second-order valence-electron chi connectivity index (χ2n) is 5.83. The number of hydrogen-bond donors (Lipinski definition) is 1. The van der Waals surface area contributed by atoms with Crippen LogP contribution in [0.3, 0.4) is 0 Å². The molecular formula is C15H20F3N3. The molecule has 2 saturated heterocycles. The van der Waals surface area contributed by atoms with Crippen LogP contribution in [0.4, 0.5) is 13.2 Å². The Labute approximate surface area is 122 Å². The first-order valence-electron chi connectivity index (χ1n) is 7.44. The predicted molar refractivity (Wildman–Crippen MR) is 74.4 cm³/mol. The molecule has 2 aliphatic heterocycles. The maximum atomic E-state index is 13.2. The molecule has 0 radical (unpaired) electrons. The molecule has 1 aromatic rings. The van der Waals surface area contributed by atoms with Gasteiger partial charge in [-0.3, -0.25) is 9.80 Å². The van der Waals surface area contributed by atoms with E-state index in [0.29, 0.717) is 18.2 Å². The maximum absolute atomic E-state index is 13.2. The van der Waals surface area contributed by atoms with Crippen molar-refractivity contribution in [3.8, 4) is 0 Å². The molecule has 1 aromatic carbocycles. The highest BCUT2D eigenvalue weighted by Gasteiger charge is 2.26. The standard InChI is InChI=1S/C15H20F3N3/c16-13-7-11(8-14(17)15(13)18)10-20-3-5-21(6-4-20)12-1-2-19-9-12/h7-8,12,19H,1-6,9-10H2. The highest BCUT2D eigenvalue weighted by atomic mass is 19.2. The van der Waals surface area contributed by atoms with Gasteiger partial charge in [-0.15, -0.1) is 0 Å². The summed E-state index contributed by atoms with van der Waals surface area (Å²) in [5.74, 6) is -3.61. The molecule has 2 fully saturated rings. The molecule has 1 N–H and O–H groups in total. The third-order valence-electron chi connectivity index (χ3n) is 4.41. The largest absolute Gasteiger partial charge is 0.315 e. The average molecular weight is 299 g/mol. The van der Waals surface area contributed by atoms with Crippen LogP contribution < -0.4 is 5.32 Å². The Morgan fingerprint density at radius 1 is 1.05 bits per heavy atom. The van der Waals surface area contributed by atoms with E-state index >= 15 is 0 Å². The molecule has 2 heterocycles. The SMILES string of the molecule is Fc1cc(CN2CCN(C3CCNC3)CC2)cc(F)c1F. The fourth-order valence-electron chi connectivity index (χ4n) is 3.20. The summed E-state index contributed by atoms with van der Waals surface area (Å²) in [4.78, 5) is 4.63. The molecule has 21 heavy (non-hydrogen) atoms. The topological polar surface area (TPSA) is 18.5 Å². The van der Waals surface area contributed by atoms with Crippen LogP contribution in [-0.4, -0.2) is 55.1 Å². The van der Waals surface area contributed by atoms with Crippen molar-refractivity contribution in [1.29, 1.82) is 0 Å². The zero-order valence-electron chi connectivity index (χ0n) is 11.9. The van der Waals surface area contributed by atoms with Crippen molar-refractivity contribution in [2.24, 2.45) is 0 Å². The minimum atomic E-state index is -1.39. The summed E-state index contributed by atoms with van der Waals surface area (Å²) in [6.07, 6.45) is 1.19. The summed E-state index contributed by atoms with van der Waals surface area (Å²) in [5, 5.41) is 3.36. The first-order valence-corrected chi connectivity index (χ1v) is 7.44. The van der Waals surface area contributed by atoms with Crippen LogP contribution >= 0.6 is 0 Å². The highest BCUT2D eigenvalue weighted by Crippen LogP contribution is 2.17. The van der Waals surface area contributed by atoms with Gasteiger partial charge in [0.25, 0.3) is 0 Å². The normalized spacial score (nSPS) is 24.6. The lowest BCUT2D eigenvalue weighted by Crippen LogP contribution is -2.50. The number of piperazine rings is 1. The predicted octanol–water partition coefficient (Wildman–Crippen LogP) is 1.58. The number of rotatable bonds is 3. The Kier molecular flexibility index (Phi) is 4.47. The molecule has 116 valence electrons. The van der Waals surface area contributed by atoms with Crippen LogP contribution in [0.5, 0.6) is 0 Å². The summed E-state index contributed by atoms with van der Waals surface area (Å²) in [7, 11) is 0. The zero-order valence-corrected chi connectivity index (χ0v) is 11.9. The van der Waals surface area contributed by atoms with E-state index in [-0.39, 0.29) is 0 Å². The monoisotopic (exact) mass is 299 g/mol. The van der Waals surface area contributed by atoms with E-state index in [1.807, 2.05) is 0 Å². The van der Waals surface area contributed by atoms with Gasteiger partial charge < -0.3 is 5.32 Å². The first-order chi connectivity index (χ1) is 10.1. The lowest BCUT2D eigenvalue weighted by molar-refractivity contribution is 0.0980. The van der Waals surface area contributed by atoms with Crippen LogP contribution in [0, 0.1) is 17.5 Å². The summed E-state index contributed by atoms with van der Waals surface area (Å²) >= 11 is 0. The van der Waals surface area contributed by atoms with Crippen molar-refractivity contribution in [2.75, 3.05) is 39.3 Å². The van der Waals surface area contributed by atoms with Crippen molar-refractivity contribution in [3.05, 3.63) is 35.1 Å². The van der Waals surface area contributed by atoms with Crippen molar-refractivity contribution < 1.29 is 13.2 Å². The van der Waals surface area contributed by atoms with Gasteiger partial charge in [-0.05, 0) is 30.7 Å². The Morgan fingerprint density at radius 2 is 1.71 bits per heavy atom. The number of nitrogens with one attached hydrogen (secondary N) is 1. The molecule has 0 spiro atoms. The van der Waals surface area contributed by atoms with Crippen LogP contribution in [-0.2, 0) is 6.54 Å². The van der Waals surface area contributed by atoms with Crippen molar-refractivity contribution in [1.82, 2.24) is 15.1 Å². The molecule has 0 aliphatic carbocycles. The quantitative estimate of drug-likeness (QED) is 0.855. The summed E-state index contributed by atoms with van der Waals surface area (Å²) in [5.41, 5.74) is 0.488. The van der Waals surface area contributed by atoms with Gasteiger partial charge in [0.1, 0.15) is 0 Å². The van der Waals surface area contributed by atoms with Gasteiger partial charge in [0, 0.05) is 45.3 Å². The molecule has 0 saturated carbocycles. The van der Waals surface area contributed by atoms with Crippen LogP contribution in [0.25, 0.3) is 0 Å². The molecule has 3 nitrogen and oxygen atoms in total.